The number of nitrogens with zero attached hydrogens (tertiary/aromatic N) is 1. The van der Waals surface area contributed by atoms with Gasteiger partial charge in [0.15, 0.2) is 0 Å². The van der Waals surface area contributed by atoms with E-state index in [1.54, 1.807) is 0 Å². The minimum absolute atomic E-state index is 0.613. The second-order valence-corrected chi connectivity index (χ2v) is 4.76. The van der Waals surface area contributed by atoms with Gasteiger partial charge in [-0.1, -0.05) is 31.5 Å². The summed E-state index contributed by atoms with van der Waals surface area (Å²) in [5.74, 6) is 0.956. The van der Waals surface area contributed by atoms with Crippen LogP contribution in [0.2, 0.25) is 0 Å². The topological polar surface area (TPSA) is 21.7 Å². The summed E-state index contributed by atoms with van der Waals surface area (Å²) in [7, 11) is 0. The molecule has 0 radical (unpaired) electrons. The Bertz CT molecular complexity index is 362. The summed E-state index contributed by atoms with van der Waals surface area (Å²) >= 11 is 0. The summed E-state index contributed by atoms with van der Waals surface area (Å²) in [6.45, 7) is 13.7. The quantitative estimate of drug-likeness (QED) is 0.641. The minimum Gasteiger partial charge on any atom is -0.491 e. The molecule has 0 N–H and O–H groups in total. The largest absolute Gasteiger partial charge is 0.491 e. The second kappa shape index (κ2) is 8.94. The van der Waals surface area contributed by atoms with E-state index in [2.05, 4.69) is 44.7 Å². The van der Waals surface area contributed by atoms with Gasteiger partial charge in [0.05, 0.1) is 13.2 Å². The third kappa shape index (κ3) is 6.08. The van der Waals surface area contributed by atoms with Gasteiger partial charge >= 0.3 is 0 Å². The lowest BCUT2D eigenvalue weighted by Gasteiger charge is -2.17. The van der Waals surface area contributed by atoms with E-state index in [0.717, 1.165) is 32.0 Å². The molecule has 0 spiro atoms. The maximum Gasteiger partial charge on any atom is 0.122 e. The van der Waals surface area contributed by atoms with Crippen LogP contribution in [-0.4, -0.2) is 44.4 Å². The first-order chi connectivity index (χ1) is 9.17. The summed E-state index contributed by atoms with van der Waals surface area (Å²) in [4.78, 5) is 2.35. The molecule has 1 aromatic carbocycles. The SMILES string of the molecule is CCN(CC)CCOCCOc1ccc(C)cc1C. The number of likely N-dealkylation sites (N-methyl/N-ethyl adjacent to an activating group) is 1. The van der Waals surface area contributed by atoms with Gasteiger partial charge < -0.3 is 14.4 Å². The Morgan fingerprint density at radius 2 is 1.74 bits per heavy atom. The zero-order chi connectivity index (χ0) is 14.1. The van der Waals surface area contributed by atoms with Crippen LogP contribution >= 0.6 is 0 Å². The molecule has 0 heterocycles. The third-order valence-corrected chi connectivity index (χ3v) is 3.26. The van der Waals surface area contributed by atoms with E-state index in [-0.39, 0.29) is 0 Å². The van der Waals surface area contributed by atoms with Crippen LogP contribution in [0.15, 0.2) is 18.2 Å². The van der Waals surface area contributed by atoms with Crippen molar-refractivity contribution in [2.75, 3.05) is 39.5 Å². The lowest BCUT2D eigenvalue weighted by Crippen LogP contribution is -2.27. The highest BCUT2D eigenvalue weighted by molar-refractivity contribution is 5.35. The lowest BCUT2D eigenvalue weighted by atomic mass is 10.1. The number of hydrogen-bond donors (Lipinski definition) is 0. The zero-order valence-corrected chi connectivity index (χ0v) is 12.7. The molecule has 3 heteroatoms. The molecule has 108 valence electrons. The van der Waals surface area contributed by atoms with Crippen molar-refractivity contribution in [1.29, 1.82) is 0 Å². The van der Waals surface area contributed by atoms with Gasteiger partial charge in [-0.2, -0.15) is 0 Å². The highest BCUT2D eigenvalue weighted by Gasteiger charge is 2.00. The maximum absolute atomic E-state index is 5.71. The van der Waals surface area contributed by atoms with E-state index in [1.165, 1.54) is 11.1 Å². The molecule has 0 saturated heterocycles. The van der Waals surface area contributed by atoms with Crippen LogP contribution in [-0.2, 0) is 4.74 Å². The smallest absolute Gasteiger partial charge is 0.122 e. The molecule has 0 aliphatic heterocycles. The third-order valence-electron chi connectivity index (χ3n) is 3.26. The lowest BCUT2D eigenvalue weighted by molar-refractivity contribution is 0.0817. The van der Waals surface area contributed by atoms with Crippen molar-refractivity contribution < 1.29 is 9.47 Å². The minimum atomic E-state index is 0.613. The van der Waals surface area contributed by atoms with Crippen molar-refractivity contribution in [2.24, 2.45) is 0 Å². The number of hydrogen-bond acceptors (Lipinski definition) is 3. The van der Waals surface area contributed by atoms with Crippen LogP contribution < -0.4 is 4.74 Å². The second-order valence-electron chi connectivity index (χ2n) is 4.76. The van der Waals surface area contributed by atoms with Gasteiger partial charge in [-0.05, 0) is 38.6 Å². The standard InChI is InChI=1S/C16H27NO2/c1-5-17(6-2)9-10-18-11-12-19-16-8-7-14(3)13-15(16)4/h7-8,13H,5-6,9-12H2,1-4H3. The Balaban J connectivity index is 2.14. The van der Waals surface area contributed by atoms with E-state index in [1.807, 2.05) is 6.07 Å². The van der Waals surface area contributed by atoms with Crippen LogP contribution in [0.1, 0.15) is 25.0 Å². The Morgan fingerprint density at radius 3 is 2.37 bits per heavy atom. The summed E-state index contributed by atoms with van der Waals surface area (Å²) in [6, 6.07) is 6.24. The number of ether oxygens (including phenoxy) is 2. The molecule has 0 aromatic heterocycles. The number of aryl methyl sites for hydroxylation is 2. The van der Waals surface area contributed by atoms with Gasteiger partial charge in [-0.25, -0.2) is 0 Å². The molecule has 0 bridgehead atoms. The van der Waals surface area contributed by atoms with Gasteiger partial charge in [0.1, 0.15) is 12.4 Å². The van der Waals surface area contributed by atoms with Crippen molar-refractivity contribution in [3.05, 3.63) is 29.3 Å². The molecular formula is C16H27NO2. The average molecular weight is 265 g/mol. The van der Waals surface area contributed by atoms with Crippen LogP contribution in [0.5, 0.6) is 5.75 Å². The van der Waals surface area contributed by atoms with E-state index in [4.69, 9.17) is 9.47 Å². The fraction of sp³-hybridized carbons (Fsp3) is 0.625. The Hall–Kier alpha value is -1.06. The molecule has 0 saturated carbocycles. The van der Waals surface area contributed by atoms with Crippen molar-refractivity contribution in [2.45, 2.75) is 27.7 Å². The fourth-order valence-corrected chi connectivity index (χ4v) is 2.01. The maximum atomic E-state index is 5.71. The monoisotopic (exact) mass is 265 g/mol. The van der Waals surface area contributed by atoms with E-state index < -0.39 is 0 Å². The highest BCUT2D eigenvalue weighted by Crippen LogP contribution is 2.18. The molecular weight excluding hydrogens is 238 g/mol. The summed E-state index contributed by atoms with van der Waals surface area (Å²) < 4.78 is 11.3. The van der Waals surface area contributed by atoms with Crippen LogP contribution in [0.25, 0.3) is 0 Å². The molecule has 1 aromatic rings. The van der Waals surface area contributed by atoms with Crippen molar-refractivity contribution >= 4 is 0 Å². The molecule has 19 heavy (non-hydrogen) atoms. The van der Waals surface area contributed by atoms with E-state index in [9.17, 15) is 0 Å². The molecule has 0 aliphatic carbocycles. The molecule has 0 amide bonds. The molecule has 0 atom stereocenters. The van der Waals surface area contributed by atoms with Crippen molar-refractivity contribution in [3.8, 4) is 5.75 Å². The highest BCUT2D eigenvalue weighted by atomic mass is 16.5. The van der Waals surface area contributed by atoms with Gasteiger partial charge in [0, 0.05) is 6.54 Å². The zero-order valence-electron chi connectivity index (χ0n) is 12.7. The fourth-order valence-electron chi connectivity index (χ4n) is 2.01. The van der Waals surface area contributed by atoms with Gasteiger partial charge in [0.2, 0.25) is 0 Å². The molecule has 0 unspecified atom stereocenters. The Morgan fingerprint density at radius 1 is 1.00 bits per heavy atom. The summed E-state index contributed by atoms with van der Waals surface area (Å²) in [6.07, 6.45) is 0. The predicted molar refractivity (Wildman–Crippen MR) is 80.0 cm³/mol. The molecule has 0 aliphatic rings. The van der Waals surface area contributed by atoms with E-state index in [0.29, 0.717) is 13.2 Å². The van der Waals surface area contributed by atoms with Gasteiger partial charge in [-0.15, -0.1) is 0 Å². The number of rotatable bonds is 9. The Labute approximate surface area is 117 Å². The van der Waals surface area contributed by atoms with Crippen LogP contribution in [0.3, 0.4) is 0 Å². The van der Waals surface area contributed by atoms with Crippen molar-refractivity contribution in [3.63, 3.8) is 0 Å². The normalized spacial score (nSPS) is 11.0. The summed E-state index contributed by atoms with van der Waals surface area (Å²) in [5.41, 5.74) is 2.45. The van der Waals surface area contributed by atoms with Crippen LogP contribution in [0.4, 0.5) is 0 Å². The summed E-state index contributed by atoms with van der Waals surface area (Å²) in [5, 5.41) is 0. The molecule has 1 rings (SSSR count). The van der Waals surface area contributed by atoms with Crippen molar-refractivity contribution in [1.82, 2.24) is 4.90 Å². The van der Waals surface area contributed by atoms with Crippen LogP contribution in [0, 0.1) is 13.8 Å². The average Bonchev–Trinajstić information content (AvgIpc) is 2.40. The first kappa shape index (κ1) is 16.0. The van der Waals surface area contributed by atoms with Gasteiger partial charge in [0.25, 0.3) is 0 Å². The van der Waals surface area contributed by atoms with E-state index >= 15 is 0 Å². The number of benzene rings is 1. The van der Waals surface area contributed by atoms with Gasteiger partial charge in [-0.3, -0.25) is 0 Å². The first-order valence-electron chi connectivity index (χ1n) is 7.17. The predicted octanol–water partition coefficient (Wildman–Crippen LogP) is 3.04. The first-order valence-corrected chi connectivity index (χ1v) is 7.17. The molecule has 0 fully saturated rings. The Kier molecular flexibility index (Phi) is 7.53. The molecule has 3 nitrogen and oxygen atoms in total.